The van der Waals surface area contributed by atoms with Gasteiger partial charge in [0.25, 0.3) is 0 Å². The molecule has 0 saturated carbocycles. The first kappa shape index (κ1) is 13.9. The smallest absolute Gasteiger partial charge is 0.335 e. The van der Waals surface area contributed by atoms with E-state index in [9.17, 15) is 9.90 Å². The summed E-state index contributed by atoms with van der Waals surface area (Å²) in [7, 11) is 0. The van der Waals surface area contributed by atoms with Gasteiger partial charge in [-0.1, -0.05) is 0 Å². The van der Waals surface area contributed by atoms with Gasteiger partial charge in [-0.15, -0.1) is 0 Å². The summed E-state index contributed by atoms with van der Waals surface area (Å²) < 4.78 is 1.77. The van der Waals surface area contributed by atoms with Crippen LogP contribution >= 0.6 is 0 Å². The van der Waals surface area contributed by atoms with E-state index in [-0.39, 0.29) is 11.3 Å². The summed E-state index contributed by atoms with van der Waals surface area (Å²) in [5, 5.41) is 26.7. The number of hydrogen-bond acceptors (Lipinski definition) is 5. The molecule has 0 aliphatic carbocycles. The fourth-order valence-electron chi connectivity index (χ4n) is 2.21. The molecule has 2 heterocycles. The summed E-state index contributed by atoms with van der Waals surface area (Å²) in [5.74, 6) is -0.437. The van der Waals surface area contributed by atoms with Crippen molar-refractivity contribution >= 4 is 22.7 Å². The molecule has 0 atom stereocenters. The Morgan fingerprint density at radius 1 is 1.32 bits per heavy atom. The lowest BCUT2D eigenvalue weighted by molar-refractivity contribution is 0.0697. The predicted molar refractivity (Wildman–Crippen MR) is 81.1 cm³/mol. The Hall–Kier alpha value is -3.09. The lowest BCUT2D eigenvalue weighted by Gasteiger charge is -2.08. The van der Waals surface area contributed by atoms with Crippen molar-refractivity contribution in [2.75, 3.05) is 11.9 Å². The third-order valence-corrected chi connectivity index (χ3v) is 3.29. The number of nitrogens with zero attached hydrogens (tertiary/aromatic N) is 3. The molecule has 0 amide bonds. The zero-order valence-corrected chi connectivity index (χ0v) is 11.6. The number of aromatic nitrogens is 3. The van der Waals surface area contributed by atoms with Crippen molar-refractivity contribution in [1.29, 1.82) is 0 Å². The second-order valence-corrected chi connectivity index (χ2v) is 4.74. The van der Waals surface area contributed by atoms with Crippen LogP contribution in [0.1, 0.15) is 10.4 Å². The molecule has 0 aliphatic rings. The quantitative estimate of drug-likeness (QED) is 0.665. The van der Waals surface area contributed by atoms with Gasteiger partial charge >= 0.3 is 5.97 Å². The van der Waals surface area contributed by atoms with Crippen LogP contribution in [0.25, 0.3) is 10.9 Å². The van der Waals surface area contributed by atoms with E-state index >= 15 is 0 Å². The molecule has 1 aromatic carbocycles. The van der Waals surface area contributed by atoms with E-state index in [1.54, 1.807) is 47.4 Å². The SMILES string of the molecule is O=C(O)c1ccc2c(cnn2CCNc2ncccc2O)c1. The minimum absolute atomic E-state index is 0.0962. The van der Waals surface area contributed by atoms with Crippen molar-refractivity contribution in [2.24, 2.45) is 0 Å². The summed E-state index contributed by atoms with van der Waals surface area (Å²) in [6.45, 7) is 1.09. The first-order valence-corrected chi connectivity index (χ1v) is 6.72. The molecule has 112 valence electrons. The Labute approximate surface area is 125 Å². The van der Waals surface area contributed by atoms with Crippen LogP contribution in [0.15, 0.2) is 42.7 Å². The van der Waals surface area contributed by atoms with Gasteiger partial charge in [0.15, 0.2) is 11.6 Å². The van der Waals surface area contributed by atoms with Crippen LogP contribution in [-0.2, 0) is 6.54 Å². The van der Waals surface area contributed by atoms with Crippen molar-refractivity contribution in [3.8, 4) is 5.75 Å². The summed E-state index contributed by atoms with van der Waals surface area (Å²) in [6.07, 6.45) is 3.23. The van der Waals surface area contributed by atoms with Crippen molar-refractivity contribution in [3.63, 3.8) is 0 Å². The number of pyridine rings is 1. The number of hydrogen-bond donors (Lipinski definition) is 3. The zero-order chi connectivity index (χ0) is 15.5. The molecule has 7 nitrogen and oxygen atoms in total. The van der Waals surface area contributed by atoms with Crippen molar-refractivity contribution in [1.82, 2.24) is 14.8 Å². The molecule has 0 fully saturated rings. The lowest BCUT2D eigenvalue weighted by atomic mass is 10.1. The van der Waals surface area contributed by atoms with Crippen LogP contribution in [0.5, 0.6) is 5.75 Å². The first-order chi connectivity index (χ1) is 10.6. The van der Waals surface area contributed by atoms with E-state index in [4.69, 9.17) is 5.11 Å². The molecule has 0 spiro atoms. The van der Waals surface area contributed by atoms with E-state index in [0.29, 0.717) is 18.9 Å². The number of carboxylic acids is 1. The van der Waals surface area contributed by atoms with Crippen LogP contribution in [-0.4, -0.2) is 37.5 Å². The summed E-state index contributed by atoms with van der Waals surface area (Å²) in [5.41, 5.74) is 1.10. The summed E-state index contributed by atoms with van der Waals surface area (Å²) >= 11 is 0. The van der Waals surface area contributed by atoms with Gasteiger partial charge in [-0.3, -0.25) is 4.68 Å². The van der Waals surface area contributed by atoms with Crippen molar-refractivity contribution < 1.29 is 15.0 Å². The average Bonchev–Trinajstić information content (AvgIpc) is 2.91. The van der Waals surface area contributed by atoms with E-state index < -0.39 is 5.97 Å². The van der Waals surface area contributed by atoms with Crippen molar-refractivity contribution in [2.45, 2.75) is 6.54 Å². The number of carbonyl (C=O) groups is 1. The molecule has 3 aromatic rings. The van der Waals surface area contributed by atoms with Gasteiger partial charge < -0.3 is 15.5 Å². The average molecular weight is 298 g/mol. The lowest BCUT2D eigenvalue weighted by Crippen LogP contribution is -2.12. The van der Waals surface area contributed by atoms with Gasteiger partial charge in [0.05, 0.1) is 23.8 Å². The van der Waals surface area contributed by atoms with Gasteiger partial charge in [0.2, 0.25) is 0 Å². The van der Waals surface area contributed by atoms with Crippen LogP contribution in [0, 0.1) is 0 Å². The van der Waals surface area contributed by atoms with Gasteiger partial charge in [-0.2, -0.15) is 5.10 Å². The minimum Gasteiger partial charge on any atom is -0.504 e. The number of anilines is 1. The number of benzene rings is 1. The highest BCUT2D eigenvalue weighted by atomic mass is 16.4. The number of aromatic hydroxyl groups is 1. The Morgan fingerprint density at radius 3 is 2.95 bits per heavy atom. The molecule has 0 radical (unpaired) electrons. The fourth-order valence-corrected chi connectivity index (χ4v) is 2.21. The van der Waals surface area contributed by atoms with Crippen LogP contribution in [0.2, 0.25) is 0 Å². The van der Waals surface area contributed by atoms with E-state index in [1.165, 1.54) is 0 Å². The maximum absolute atomic E-state index is 10.9. The Bertz CT molecular complexity index is 829. The second-order valence-electron chi connectivity index (χ2n) is 4.74. The number of fused-ring (bicyclic) bond motifs is 1. The molecule has 0 saturated heterocycles. The Morgan fingerprint density at radius 2 is 2.18 bits per heavy atom. The first-order valence-electron chi connectivity index (χ1n) is 6.72. The van der Waals surface area contributed by atoms with Gasteiger partial charge in [0, 0.05) is 18.1 Å². The molecule has 3 N–H and O–H groups in total. The Balaban J connectivity index is 1.72. The number of nitrogens with one attached hydrogen (secondary N) is 1. The highest BCUT2D eigenvalue weighted by Gasteiger charge is 2.08. The molecule has 0 aliphatic heterocycles. The maximum Gasteiger partial charge on any atom is 0.335 e. The predicted octanol–water partition coefficient (Wildman–Crippen LogP) is 1.95. The summed E-state index contributed by atoms with van der Waals surface area (Å²) in [6, 6.07) is 8.11. The van der Waals surface area contributed by atoms with Gasteiger partial charge in [0.1, 0.15) is 0 Å². The molecule has 22 heavy (non-hydrogen) atoms. The molecule has 7 heteroatoms. The maximum atomic E-state index is 10.9. The summed E-state index contributed by atoms with van der Waals surface area (Å²) in [4.78, 5) is 15.0. The van der Waals surface area contributed by atoms with Crippen molar-refractivity contribution in [3.05, 3.63) is 48.3 Å². The normalized spacial score (nSPS) is 10.7. The number of aromatic carboxylic acids is 1. The molecule has 0 bridgehead atoms. The van der Waals surface area contributed by atoms with Crippen LogP contribution < -0.4 is 5.32 Å². The third kappa shape index (κ3) is 2.69. The third-order valence-electron chi connectivity index (χ3n) is 3.29. The number of rotatable bonds is 5. The van der Waals surface area contributed by atoms with Crippen LogP contribution in [0.3, 0.4) is 0 Å². The fraction of sp³-hybridized carbons (Fsp3) is 0.133. The molecule has 2 aromatic heterocycles. The van der Waals surface area contributed by atoms with E-state index in [0.717, 1.165) is 10.9 Å². The molecular formula is C15H14N4O3. The van der Waals surface area contributed by atoms with Gasteiger partial charge in [-0.05, 0) is 30.3 Å². The molecule has 3 rings (SSSR count). The topological polar surface area (TPSA) is 100 Å². The van der Waals surface area contributed by atoms with E-state index in [1.807, 2.05) is 0 Å². The van der Waals surface area contributed by atoms with E-state index in [2.05, 4.69) is 15.4 Å². The Kier molecular flexibility index (Phi) is 3.61. The van der Waals surface area contributed by atoms with Gasteiger partial charge in [-0.25, -0.2) is 9.78 Å². The highest BCUT2D eigenvalue weighted by molar-refractivity contribution is 5.93. The zero-order valence-electron chi connectivity index (χ0n) is 11.6. The molecule has 0 unspecified atom stereocenters. The second kappa shape index (κ2) is 5.72. The monoisotopic (exact) mass is 298 g/mol. The standard InChI is InChI=1S/C15H14N4O3/c20-13-2-1-5-16-14(13)17-6-7-19-12-4-3-10(15(21)22)8-11(12)9-18-19/h1-5,8-9,20H,6-7H2,(H,16,17)(H,21,22). The van der Waals surface area contributed by atoms with Crippen LogP contribution in [0.4, 0.5) is 5.82 Å². The molecular weight excluding hydrogens is 284 g/mol. The number of carboxylic acid groups (broad SMARTS) is 1. The highest BCUT2D eigenvalue weighted by Crippen LogP contribution is 2.18. The minimum atomic E-state index is -0.957. The largest absolute Gasteiger partial charge is 0.504 e.